The van der Waals surface area contributed by atoms with E-state index in [-0.39, 0.29) is 5.75 Å². The van der Waals surface area contributed by atoms with Crippen molar-refractivity contribution >= 4 is 28.3 Å². The number of para-hydroxylation sites is 1. The fourth-order valence-corrected chi connectivity index (χ4v) is 2.21. The first kappa shape index (κ1) is 13.0. The molecule has 2 N–H and O–H groups in total. The van der Waals surface area contributed by atoms with E-state index in [1.54, 1.807) is 13.2 Å². The van der Waals surface area contributed by atoms with Gasteiger partial charge in [0.1, 0.15) is 0 Å². The molecule has 0 heterocycles. The summed E-state index contributed by atoms with van der Waals surface area (Å²) in [5.41, 5.74) is 2.16. The number of aromatic hydroxyl groups is 1. The van der Waals surface area contributed by atoms with Gasteiger partial charge in [-0.1, -0.05) is 18.2 Å². The highest BCUT2D eigenvalue weighted by Crippen LogP contribution is 2.27. The third-order valence-electron chi connectivity index (χ3n) is 2.60. The Morgan fingerprint density at radius 1 is 1.22 bits per heavy atom. The molecule has 0 aliphatic heterocycles. The number of hydrogen-bond donors (Lipinski definition) is 2. The first-order valence-electron chi connectivity index (χ1n) is 5.55. The number of benzene rings is 2. The molecule has 0 radical (unpaired) electrons. The Balaban J connectivity index is 2.09. The van der Waals surface area contributed by atoms with Crippen molar-refractivity contribution in [2.75, 3.05) is 12.4 Å². The molecule has 0 aliphatic carbocycles. The number of phenols is 1. The van der Waals surface area contributed by atoms with Crippen LogP contribution >= 0.6 is 22.6 Å². The maximum absolute atomic E-state index is 9.52. The van der Waals surface area contributed by atoms with Crippen molar-refractivity contribution in [1.29, 1.82) is 0 Å². The molecule has 0 amide bonds. The highest BCUT2D eigenvalue weighted by atomic mass is 127. The molecule has 4 heteroatoms. The summed E-state index contributed by atoms with van der Waals surface area (Å²) in [5, 5.41) is 12.9. The van der Waals surface area contributed by atoms with E-state index >= 15 is 0 Å². The van der Waals surface area contributed by atoms with Crippen LogP contribution in [0.5, 0.6) is 11.5 Å². The average Bonchev–Trinajstić information content (AvgIpc) is 2.39. The second kappa shape index (κ2) is 5.95. The van der Waals surface area contributed by atoms with Crippen molar-refractivity contribution in [3.63, 3.8) is 0 Å². The topological polar surface area (TPSA) is 41.5 Å². The highest BCUT2D eigenvalue weighted by molar-refractivity contribution is 14.1. The molecule has 0 atom stereocenters. The third kappa shape index (κ3) is 3.07. The summed E-state index contributed by atoms with van der Waals surface area (Å²) < 4.78 is 6.26. The molecule has 2 aromatic rings. The fraction of sp³-hybridized carbons (Fsp3) is 0.143. The van der Waals surface area contributed by atoms with Crippen LogP contribution in [0, 0.1) is 3.57 Å². The van der Waals surface area contributed by atoms with Crippen molar-refractivity contribution in [2.24, 2.45) is 0 Å². The van der Waals surface area contributed by atoms with Gasteiger partial charge in [-0.15, -0.1) is 0 Å². The summed E-state index contributed by atoms with van der Waals surface area (Å²) >= 11 is 2.30. The maximum Gasteiger partial charge on any atom is 0.160 e. The summed E-state index contributed by atoms with van der Waals surface area (Å²) in [4.78, 5) is 0. The molecular weight excluding hydrogens is 341 g/mol. The van der Waals surface area contributed by atoms with Crippen molar-refractivity contribution in [3.05, 3.63) is 51.6 Å². The Bertz CT molecular complexity index is 543. The van der Waals surface area contributed by atoms with Crippen molar-refractivity contribution in [2.45, 2.75) is 6.54 Å². The van der Waals surface area contributed by atoms with Crippen LogP contribution in [0.2, 0.25) is 0 Å². The van der Waals surface area contributed by atoms with Gasteiger partial charge in [0, 0.05) is 15.8 Å². The third-order valence-corrected chi connectivity index (χ3v) is 3.54. The van der Waals surface area contributed by atoms with Gasteiger partial charge in [-0.3, -0.25) is 0 Å². The number of phenolic OH excluding ortho intramolecular Hbond substituents is 1. The van der Waals surface area contributed by atoms with Crippen LogP contribution in [0.25, 0.3) is 0 Å². The van der Waals surface area contributed by atoms with E-state index in [0.717, 1.165) is 11.3 Å². The van der Waals surface area contributed by atoms with Crippen molar-refractivity contribution in [1.82, 2.24) is 0 Å². The van der Waals surface area contributed by atoms with E-state index in [0.29, 0.717) is 12.3 Å². The van der Waals surface area contributed by atoms with Crippen LogP contribution in [-0.4, -0.2) is 12.2 Å². The van der Waals surface area contributed by atoms with E-state index in [1.165, 1.54) is 3.57 Å². The standard InChI is InChI=1S/C14H14INO2/c1-18-14-8-10(6-7-13(14)17)9-16-12-5-3-2-4-11(12)15/h2-8,16-17H,9H2,1H3. The lowest BCUT2D eigenvalue weighted by molar-refractivity contribution is 0.373. The molecule has 0 bridgehead atoms. The van der Waals surface area contributed by atoms with Crippen LogP contribution in [0.4, 0.5) is 5.69 Å². The molecule has 0 aromatic heterocycles. The lowest BCUT2D eigenvalue weighted by atomic mass is 10.2. The first-order valence-corrected chi connectivity index (χ1v) is 6.63. The van der Waals surface area contributed by atoms with Gasteiger partial charge in [0.15, 0.2) is 11.5 Å². The maximum atomic E-state index is 9.52. The molecule has 0 saturated heterocycles. The normalized spacial score (nSPS) is 10.1. The van der Waals surface area contributed by atoms with Crippen molar-refractivity contribution < 1.29 is 9.84 Å². The monoisotopic (exact) mass is 355 g/mol. The van der Waals surface area contributed by atoms with Gasteiger partial charge in [-0.25, -0.2) is 0 Å². The van der Waals surface area contributed by atoms with Gasteiger partial charge in [0.05, 0.1) is 7.11 Å². The van der Waals surface area contributed by atoms with Gasteiger partial charge < -0.3 is 15.2 Å². The zero-order valence-electron chi connectivity index (χ0n) is 9.98. The smallest absolute Gasteiger partial charge is 0.160 e. The Morgan fingerprint density at radius 2 is 2.00 bits per heavy atom. The Kier molecular flexibility index (Phi) is 4.30. The Labute approximate surface area is 120 Å². The molecule has 94 valence electrons. The van der Waals surface area contributed by atoms with Crippen LogP contribution in [0.3, 0.4) is 0 Å². The van der Waals surface area contributed by atoms with E-state index < -0.39 is 0 Å². The van der Waals surface area contributed by atoms with E-state index in [2.05, 4.69) is 34.0 Å². The summed E-state index contributed by atoms with van der Waals surface area (Å²) in [5.74, 6) is 0.660. The van der Waals surface area contributed by atoms with Gasteiger partial charge >= 0.3 is 0 Å². The molecule has 3 nitrogen and oxygen atoms in total. The number of halogens is 1. The molecule has 0 saturated carbocycles. The number of hydrogen-bond acceptors (Lipinski definition) is 3. The second-order valence-corrected chi connectivity index (χ2v) is 5.00. The number of ether oxygens (including phenoxy) is 1. The van der Waals surface area contributed by atoms with Crippen molar-refractivity contribution in [3.8, 4) is 11.5 Å². The minimum absolute atomic E-state index is 0.163. The lowest BCUT2D eigenvalue weighted by Crippen LogP contribution is -2.01. The summed E-state index contributed by atoms with van der Waals surface area (Å²) in [6, 6.07) is 13.5. The first-order chi connectivity index (χ1) is 8.70. The van der Waals surface area contributed by atoms with E-state index in [1.807, 2.05) is 30.3 Å². The Hall–Kier alpha value is -1.43. The van der Waals surface area contributed by atoms with Gasteiger partial charge in [-0.05, 0) is 52.4 Å². The van der Waals surface area contributed by atoms with Crippen LogP contribution in [0.1, 0.15) is 5.56 Å². The molecule has 18 heavy (non-hydrogen) atoms. The highest BCUT2D eigenvalue weighted by Gasteiger charge is 2.03. The number of nitrogens with one attached hydrogen (secondary N) is 1. The van der Waals surface area contributed by atoms with E-state index in [9.17, 15) is 5.11 Å². The molecule has 2 aromatic carbocycles. The number of methoxy groups -OCH3 is 1. The zero-order chi connectivity index (χ0) is 13.0. The molecule has 2 rings (SSSR count). The Morgan fingerprint density at radius 3 is 2.72 bits per heavy atom. The summed E-state index contributed by atoms with van der Waals surface area (Å²) in [6.45, 7) is 0.691. The predicted octanol–water partition coefficient (Wildman–Crippen LogP) is 3.62. The molecule has 0 aliphatic rings. The molecule has 0 unspecified atom stereocenters. The van der Waals surface area contributed by atoms with Crippen LogP contribution in [-0.2, 0) is 6.54 Å². The van der Waals surface area contributed by atoms with Gasteiger partial charge in [0.2, 0.25) is 0 Å². The van der Waals surface area contributed by atoms with Gasteiger partial charge in [-0.2, -0.15) is 0 Å². The van der Waals surface area contributed by atoms with E-state index in [4.69, 9.17) is 4.74 Å². The lowest BCUT2D eigenvalue weighted by Gasteiger charge is -2.10. The second-order valence-electron chi connectivity index (χ2n) is 3.84. The van der Waals surface area contributed by atoms with Crippen LogP contribution < -0.4 is 10.1 Å². The molecule has 0 spiro atoms. The number of rotatable bonds is 4. The summed E-state index contributed by atoms with van der Waals surface area (Å²) in [7, 11) is 1.55. The molecule has 0 fully saturated rings. The quantitative estimate of drug-likeness (QED) is 0.824. The minimum atomic E-state index is 0.163. The predicted molar refractivity (Wildman–Crippen MR) is 81.1 cm³/mol. The summed E-state index contributed by atoms with van der Waals surface area (Å²) in [6.07, 6.45) is 0. The van der Waals surface area contributed by atoms with Gasteiger partial charge in [0.25, 0.3) is 0 Å². The van der Waals surface area contributed by atoms with Crippen LogP contribution in [0.15, 0.2) is 42.5 Å². The zero-order valence-corrected chi connectivity index (χ0v) is 12.1. The minimum Gasteiger partial charge on any atom is -0.504 e. The molecular formula is C14H14INO2. The largest absolute Gasteiger partial charge is 0.504 e. The fourth-order valence-electron chi connectivity index (χ4n) is 1.63. The average molecular weight is 355 g/mol. The SMILES string of the molecule is COc1cc(CNc2ccccc2I)ccc1O. The number of anilines is 1.